The first-order valence-electron chi connectivity index (χ1n) is 7.14. The van der Waals surface area contributed by atoms with E-state index < -0.39 is 0 Å². The molecule has 106 valence electrons. The van der Waals surface area contributed by atoms with Crippen molar-refractivity contribution in [2.24, 2.45) is 0 Å². The molecule has 1 unspecified atom stereocenters. The average Bonchev–Trinajstić information content (AvgIpc) is 2.48. The van der Waals surface area contributed by atoms with Crippen LogP contribution in [0.3, 0.4) is 0 Å². The topological polar surface area (TPSA) is 25.4 Å². The lowest BCUT2D eigenvalue weighted by atomic mass is 10.1. The number of pyridine rings is 1. The molecule has 0 bridgehead atoms. The fourth-order valence-electron chi connectivity index (χ4n) is 2.74. The predicted octanol–water partition coefficient (Wildman–Crippen LogP) is 3.50. The van der Waals surface area contributed by atoms with Gasteiger partial charge in [0.2, 0.25) is 0 Å². The van der Waals surface area contributed by atoms with Crippen LogP contribution in [0.2, 0.25) is 5.15 Å². The molecule has 0 radical (unpaired) electrons. The van der Waals surface area contributed by atoms with Crippen molar-refractivity contribution in [2.45, 2.75) is 25.9 Å². The highest BCUT2D eigenvalue weighted by Gasteiger charge is 2.22. The largest absolute Gasteiger partial charge is 0.378 e. The first-order valence-corrected chi connectivity index (χ1v) is 7.51. The Morgan fingerprint density at radius 3 is 3.10 bits per heavy atom. The summed E-state index contributed by atoms with van der Waals surface area (Å²) in [5.41, 5.74) is 2.06. The number of rotatable bonds is 3. The standard InChI is InChI=1S/C16H19ClN2O/c1-2-14-11-20-8-7-19(14)10-13-9-12-5-3-4-6-15(12)18-16(13)17/h3-6,9,14H,2,7-8,10-11H2,1H3. The van der Waals surface area contributed by atoms with Gasteiger partial charge in [-0.3, -0.25) is 4.90 Å². The minimum absolute atomic E-state index is 0.478. The Morgan fingerprint density at radius 1 is 1.40 bits per heavy atom. The third kappa shape index (κ3) is 2.80. The van der Waals surface area contributed by atoms with Gasteiger partial charge in [-0.05, 0) is 18.6 Å². The Hall–Kier alpha value is -1.16. The van der Waals surface area contributed by atoms with Crippen LogP contribution in [0.1, 0.15) is 18.9 Å². The van der Waals surface area contributed by atoms with E-state index in [0.29, 0.717) is 11.2 Å². The average molecular weight is 291 g/mol. The molecule has 1 saturated heterocycles. The minimum Gasteiger partial charge on any atom is -0.378 e. The fourth-order valence-corrected chi connectivity index (χ4v) is 2.94. The van der Waals surface area contributed by atoms with Crippen molar-refractivity contribution in [1.29, 1.82) is 0 Å². The van der Waals surface area contributed by atoms with E-state index in [9.17, 15) is 0 Å². The number of halogens is 1. The molecule has 1 fully saturated rings. The van der Waals surface area contributed by atoms with Crippen LogP contribution < -0.4 is 0 Å². The third-order valence-electron chi connectivity index (χ3n) is 3.94. The Balaban J connectivity index is 1.87. The number of fused-ring (bicyclic) bond motifs is 1. The molecule has 0 amide bonds. The molecule has 4 heteroatoms. The molecule has 1 aromatic carbocycles. The molecular formula is C16H19ClN2O. The van der Waals surface area contributed by atoms with Crippen LogP contribution in [0.15, 0.2) is 30.3 Å². The molecule has 20 heavy (non-hydrogen) atoms. The van der Waals surface area contributed by atoms with Crippen molar-refractivity contribution in [3.8, 4) is 0 Å². The normalized spacial score (nSPS) is 20.4. The second kappa shape index (κ2) is 6.08. The zero-order valence-electron chi connectivity index (χ0n) is 11.7. The number of ether oxygens (including phenoxy) is 1. The van der Waals surface area contributed by atoms with Crippen LogP contribution in [0.25, 0.3) is 10.9 Å². The number of benzene rings is 1. The molecule has 0 aliphatic carbocycles. The summed E-state index contributed by atoms with van der Waals surface area (Å²) < 4.78 is 5.55. The highest BCUT2D eigenvalue weighted by molar-refractivity contribution is 6.30. The minimum atomic E-state index is 0.478. The van der Waals surface area contributed by atoms with Crippen LogP contribution >= 0.6 is 11.6 Å². The van der Waals surface area contributed by atoms with E-state index in [1.54, 1.807) is 0 Å². The summed E-state index contributed by atoms with van der Waals surface area (Å²) in [6.07, 6.45) is 1.10. The lowest BCUT2D eigenvalue weighted by Gasteiger charge is -2.35. The number of hydrogen-bond acceptors (Lipinski definition) is 3. The van der Waals surface area contributed by atoms with Crippen LogP contribution in [0.5, 0.6) is 0 Å². The zero-order valence-corrected chi connectivity index (χ0v) is 12.4. The van der Waals surface area contributed by atoms with Crippen LogP contribution in [-0.2, 0) is 11.3 Å². The maximum Gasteiger partial charge on any atom is 0.134 e. The number of aromatic nitrogens is 1. The quantitative estimate of drug-likeness (QED) is 0.809. The smallest absolute Gasteiger partial charge is 0.134 e. The predicted molar refractivity (Wildman–Crippen MR) is 82.1 cm³/mol. The van der Waals surface area contributed by atoms with E-state index in [0.717, 1.165) is 49.2 Å². The van der Waals surface area contributed by atoms with E-state index in [1.165, 1.54) is 0 Å². The SMILES string of the molecule is CCC1COCCN1Cc1cc2ccccc2nc1Cl. The van der Waals surface area contributed by atoms with Crippen molar-refractivity contribution >= 4 is 22.5 Å². The van der Waals surface area contributed by atoms with Gasteiger partial charge in [-0.1, -0.05) is 36.7 Å². The Labute approximate surface area is 124 Å². The van der Waals surface area contributed by atoms with E-state index in [-0.39, 0.29) is 0 Å². The molecule has 1 atom stereocenters. The van der Waals surface area contributed by atoms with Crippen molar-refractivity contribution < 1.29 is 4.74 Å². The van der Waals surface area contributed by atoms with Crippen LogP contribution in [-0.4, -0.2) is 35.7 Å². The maximum absolute atomic E-state index is 6.34. The zero-order chi connectivity index (χ0) is 13.9. The van der Waals surface area contributed by atoms with Gasteiger partial charge in [0.1, 0.15) is 5.15 Å². The van der Waals surface area contributed by atoms with E-state index in [2.05, 4.69) is 28.9 Å². The number of para-hydroxylation sites is 1. The summed E-state index contributed by atoms with van der Waals surface area (Å²) in [7, 11) is 0. The molecular weight excluding hydrogens is 272 g/mol. The lowest BCUT2D eigenvalue weighted by Crippen LogP contribution is -2.44. The summed E-state index contributed by atoms with van der Waals surface area (Å²) in [4.78, 5) is 6.95. The van der Waals surface area contributed by atoms with Gasteiger partial charge < -0.3 is 4.74 Å². The van der Waals surface area contributed by atoms with Gasteiger partial charge in [0.05, 0.1) is 18.7 Å². The van der Waals surface area contributed by atoms with Gasteiger partial charge in [0.25, 0.3) is 0 Å². The molecule has 0 N–H and O–H groups in total. The second-order valence-corrected chi connectivity index (χ2v) is 5.60. The van der Waals surface area contributed by atoms with E-state index in [1.807, 2.05) is 18.2 Å². The van der Waals surface area contributed by atoms with Crippen molar-refractivity contribution in [3.05, 3.63) is 41.0 Å². The van der Waals surface area contributed by atoms with E-state index in [4.69, 9.17) is 16.3 Å². The Bertz CT molecular complexity index is 602. The van der Waals surface area contributed by atoms with E-state index >= 15 is 0 Å². The number of nitrogens with zero attached hydrogens (tertiary/aromatic N) is 2. The molecule has 1 aliphatic heterocycles. The molecule has 2 aromatic rings. The number of morpholine rings is 1. The van der Waals surface area contributed by atoms with Gasteiger partial charge in [0, 0.05) is 30.1 Å². The summed E-state index contributed by atoms with van der Waals surface area (Å²) in [6.45, 7) is 5.62. The summed E-state index contributed by atoms with van der Waals surface area (Å²) in [5, 5.41) is 1.76. The third-order valence-corrected chi connectivity index (χ3v) is 4.27. The molecule has 0 spiro atoms. The van der Waals surface area contributed by atoms with Gasteiger partial charge in [0.15, 0.2) is 0 Å². The van der Waals surface area contributed by atoms with Gasteiger partial charge >= 0.3 is 0 Å². The van der Waals surface area contributed by atoms with Gasteiger partial charge in [-0.25, -0.2) is 4.98 Å². The first-order chi connectivity index (χ1) is 9.78. The van der Waals surface area contributed by atoms with Crippen LogP contribution in [0.4, 0.5) is 0 Å². The molecule has 1 aliphatic rings. The number of hydrogen-bond donors (Lipinski definition) is 0. The maximum atomic E-state index is 6.34. The Morgan fingerprint density at radius 2 is 2.25 bits per heavy atom. The van der Waals surface area contributed by atoms with Crippen molar-refractivity contribution in [1.82, 2.24) is 9.88 Å². The monoisotopic (exact) mass is 290 g/mol. The second-order valence-electron chi connectivity index (χ2n) is 5.24. The van der Waals surface area contributed by atoms with Gasteiger partial charge in [-0.2, -0.15) is 0 Å². The summed E-state index contributed by atoms with van der Waals surface area (Å²) in [5.74, 6) is 0. The highest BCUT2D eigenvalue weighted by atomic mass is 35.5. The molecule has 3 nitrogen and oxygen atoms in total. The van der Waals surface area contributed by atoms with Gasteiger partial charge in [-0.15, -0.1) is 0 Å². The van der Waals surface area contributed by atoms with Crippen molar-refractivity contribution in [2.75, 3.05) is 19.8 Å². The lowest BCUT2D eigenvalue weighted by molar-refractivity contribution is -0.0127. The molecule has 0 saturated carbocycles. The highest BCUT2D eigenvalue weighted by Crippen LogP contribution is 2.23. The fraction of sp³-hybridized carbons (Fsp3) is 0.438. The molecule has 1 aromatic heterocycles. The molecule has 2 heterocycles. The van der Waals surface area contributed by atoms with Crippen molar-refractivity contribution in [3.63, 3.8) is 0 Å². The molecule has 3 rings (SSSR count). The first kappa shape index (κ1) is 13.8. The summed E-state index contributed by atoms with van der Waals surface area (Å²) >= 11 is 6.34. The van der Waals surface area contributed by atoms with Crippen LogP contribution in [0, 0.1) is 0 Å². The Kier molecular flexibility index (Phi) is 4.20. The summed E-state index contributed by atoms with van der Waals surface area (Å²) in [6, 6.07) is 10.7.